The highest BCUT2D eigenvalue weighted by atomic mass is 79.9. The van der Waals surface area contributed by atoms with Crippen molar-refractivity contribution in [2.75, 3.05) is 0 Å². The minimum Gasteiger partial charge on any atom is -0.273 e. The Hall–Kier alpha value is -0.780. The smallest absolute Gasteiger partial charge is 0.269 e. The number of hydrogen-bond acceptors (Lipinski definition) is 2. The van der Waals surface area contributed by atoms with E-state index in [2.05, 4.69) is 26.8 Å². The van der Waals surface area contributed by atoms with Crippen molar-refractivity contribution < 1.29 is 9.59 Å². The molecule has 0 heterocycles. The summed E-state index contributed by atoms with van der Waals surface area (Å²) in [6.45, 7) is 0. The molecule has 1 fully saturated rings. The molecule has 2 N–H and O–H groups in total. The van der Waals surface area contributed by atoms with Crippen molar-refractivity contribution in [1.29, 1.82) is 0 Å². The molecule has 1 aromatic rings. The summed E-state index contributed by atoms with van der Waals surface area (Å²) in [7, 11) is 0. The molecule has 0 aliphatic heterocycles. The lowest BCUT2D eigenvalue weighted by molar-refractivity contribution is -0.123. The Kier molecular flexibility index (Phi) is 3.84. The molecule has 2 amide bonds. The maximum atomic E-state index is 11.7. The molecule has 0 aromatic heterocycles. The predicted molar refractivity (Wildman–Crippen MR) is 72.3 cm³/mol. The number of halogens is 3. The molecule has 96 valence electrons. The summed E-state index contributed by atoms with van der Waals surface area (Å²) in [5, 5.41) is 0. The number of benzene rings is 1. The van der Waals surface area contributed by atoms with E-state index >= 15 is 0 Å². The number of hydrazine groups is 1. The molecule has 0 spiro atoms. The molecule has 1 unspecified atom stereocenters. The molecule has 0 bridgehead atoms. The number of hydrogen-bond donors (Lipinski definition) is 2. The van der Waals surface area contributed by atoms with E-state index in [1.165, 1.54) is 0 Å². The van der Waals surface area contributed by atoms with E-state index in [9.17, 15) is 9.59 Å². The standard InChI is InChI=1S/C11H9BrCl2N2O2/c12-7-3-1-6(2-4-7)9(17)15-16-10(18)8-5-11(8,13)14/h1-4,8H,5H2,(H,15,17)(H,16,18). The predicted octanol–water partition coefficient (Wildman–Crippen LogP) is 2.40. The Morgan fingerprint density at radius 1 is 1.22 bits per heavy atom. The molecule has 0 saturated heterocycles. The van der Waals surface area contributed by atoms with Crippen molar-refractivity contribution in [2.24, 2.45) is 5.92 Å². The topological polar surface area (TPSA) is 58.2 Å². The zero-order valence-corrected chi connectivity index (χ0v) is 12.1. The van der Waals surface area contributed by atoms with Crippen LogP contribution in [-0.4, -0.2) is 16.1 Å². The van der Waals surface area contributed by atoms with Gasteiger partial charge in [-0.15, -0.1) is 23.2 Å². The van der Waals surface area contributed by atoms with Crippen molar-refractivity contribution in [3.8, 4) is 0 Å². The zero-order valence-electron chi connectivity index (χ0n) is 9.04. The fourth-order valence-corrected chi connectivity index (χ4v) is 2.15. The van der Waals surface area contributed by atoms with Gasteiger partial charge in [0.25, 0.3) is 5.91 Å². The summed E-state index contributed by atoms with van der Waals surface area (Å²) in [5.74, 6) is -1.25. The van der Waals surface area contributed by atoms with Gasteiger partial charge >= 0.3 is 0 Å². The van der Waals surface area contributed by atoms with Crippen LogP contribution in [0.15, 0.2) is 28.7 Å². The first kappa shape index (κ1) is 13.6. The van der Waals surface area contributed by atoms with Crippen molar-refractivity contribution in [3.05, 3.63) is 34.3 Å². The SMILES string of the molecule is O=C(NNC(=O)C1CC1(Cl)Cl)c1ccc(Br)cc1. The number of carbonyl (C=O) groups excluding carboxylic acids is 2. The summed E-state index contributed by atoms with van der Waals surface area (Å²) in [4.78, 5) is 23.2. The van der Waals surface area contributed by atoms with Gasteiger partial charge in [-0.25, -0.2) is 0 Å². The van der Waals surface area contributed by atoms with Crippen LogP contribution in [0.5, 0.6) is 0 Å². The van der Waals surface area contributed by atoms with Gasteiger partial charge in [0.2, 0.25) is 5.91 Å². The Morgan fingerprint density at radius 3 is 2.28 bits per heavy atom. The summed E-state index contributed by atoms with van der Waals surface area (Å²) >= 11 is 14.7. The van der Waals surface area contributed by atoms with Crippen LogP contribution in [0.25, 0.3) is 0 Å². The van der Waals surface area contributed by atoms with Crippen molar-refractivity contribution in [3.63, 3.8) is 0 Å². The van der Waals surface area contributed by atoms with Crippen LogP contribution in [0.3, 0.4) is 0 Å². The van der Waals surface area contributed by atoms with Gasteiger partial charge < -0.3 is 0 Å². The van der Waals surface area contributed by atoms with E-state index in [4.69, 9.17) is 23.2 Å². The fourth-order valence-electron chi connectivity index (χ4n) is 1.38. The van der Waals surface area contributed by atoms with Crippen LogP contribution < -0.4 is 10.9 Å². The van der Waals surface area contributed by atoms with E-state index in [1.54, 1.807) is 24.3 Å². The monoisotopic (exact) mass is 350 g/mol. The molecular weight excluding hydrogens is 343 g/mol. The van der Waals surface area contributed by atoms with Gasteiger partial charge in [0.05, 0.1) is 5.92 Å². The second-order valence-electron chi connectivity index (χ2n) is 3.97. The third-order valence-electron chi connectivity index (χ3n) is 2.55. The molecular formula is C11H9BrCl2N2O2. The van der Waals surface area contributed by atoms with Gasteiger partial charge in [-0.1, -0.05) is 15.9 Å². The average molecular weight is 352 g/mol. The molecule has 1 atom stereocenters. The second kappa shape index (κ2) is 5.07. The van der Waals surface area contributed by atoms with Crippen LogP contribution in [0.1, 0.15) is 16.8 Å². The number of carbonyl (C=O) groups is 2. The lowest BCUT2D eigenvalue weighted by Gasteiger charge is -2.07. The van der Waals surface area contributed by atoms with Gasteiger partial charge in [-0.05, 0) is 30.7 Å². The van der Waals surface area contributed by atoms with Crippen LogP contribution >= 0.6 is 39.1 Å². The Bertz CT molecular complexity index is 490. The van der Waals surface area contributed by atoms with E-state index in [1.807, 2.05) is 0 Å². The van der Waals surface area contributed by atoms with E-state index in [-0.39, 0.29) is 5.91 Å². The molecule has 1 aliphatic rings. The van der Waals surface area contributed by atoms with Crippen LogP contribution in [0.2, 0.25) is 0 Å². The van der Waals surface area contributed by atoms with Gasteiger partial charge in [0.15, 0.2) is 0 Å². The molecule has 4 nitrogen and oxygen atoms in total. The maximum Gasteiger partial charge on any atom is 0.269 e. The summed E-state index contributed by atoms with van der Waals surface area (Å²) in [6, 6.07) is 6.74. The molecule has 7 heteroatoms. The Morgan fingerprint density at radius 2 is 1.78 bits per heavy atom. The quantitative estimate of drug-likeness (QED) is 0.635. The first-order valence-electron chi connectivity index (χ1n) is 5.14. The molecule has 18 heavy (non-hydrogen) atoms. The minimum atomic E-state index is -0.994. The van der Waals surface area contributed by atoms with Crippen LogP contribution in [-0.2, 0) is 4.79 Å². The highest BCUT2D eigenvalue weighted by Crippen LogP contribution is 2.53. The normalized spacial score (nSPS) is 20.1. The van der Waals surface area contributed by atoms with Crippen molar-refractivity contribution >= 4 is 50.9 Å². The molecule has 0 radical (unpaired) electrons. The molecule has 2 rings (SSSR count). The highest BCUT2D eigenvalue weighted by Gasteiger charge is 2.56. The zero-order chi connectivity index (χ0) is 13.3. The molecule has 1 saturated carbocycles. The van der Waals surface area contributed by atoms with Crippen LogP contribution in [0, 0.1) is 5.92 Å². The highest BCUT2D eigenvalue weighted by molar-refractivity contribution is 9.10. The van der Waals surface area contributed by atoms with Crippen molar-refractivity contribution in [1.82, 2.24) is 10.9 Å². The Balaban J connectivity index is 1.85. The summed E-state index contributed by atoms with van der Waals surface area (Å²) in [5.41, 5.74) is 5.04. The summed E-state index contributed by atoms with van der Waals surface area (Å²) < 4.78 is -0.123. The first-order valence-corrected chi connectivity index (χ1v) is 6.68. The van der Waals surface area contributed by atoms with Gasteiger partial charge in [0, 0.05) is 10.0 Å². The van der Waals surface area contributed by atoms with E-state index in [0.29, 0.717) is 12.0 Å². The number of amides is 2. The van der Waals surface area contributed by atoms with E-state index in [0.717, 1.165) is 4.47 Å². The average Bonchev–Trinajstić information content (AvgIpc) is 2.96. The third kappa shape index (κ3) is 3.16. The summed E-state index contributed by atoms with van der Waals surface area (Å²) in [6.07, 6.45) is 0.399. The molecule has 1 aliphatic carbocycles. The van der Waals surface area contributed by atoms with Gasteiger partial charge in [0.1, 0.15) is 4.33 Å². The fraction of sp³-hybridized carbons (Fsp3) is 0.273. The first-order chi connectivity index (χ1) is 8.40. The van der Waals surface area contributed by atoms with Crippen LogP contribution in [0.4, 0.5) is 0 Å². The largest absolute Gasteiger partial charge is 0.273 e. The Labute approximate surface area is 122 Å². The number of alkyl halides is 2. The van der Waals surface area contributed by atoms with Gasteiger partial charge in [-0.2, -0.15) is 0 Å². The van der Waals surface area contributed by atoms with Crippen molar-refractivity contribution in [2.45, 2.75) is 10.8 Å². The third-order valence-corrected chi connectivity index (χ3v) is 3.91. The minimum absolute atomic E-state index is 0.384. The molecule has 1 aromatic carbocycles. The lowest BCUT2D eigenvalue weighted by Crippen LogP contribution is -2.43. The number of nitrogens with one attached hydrogen (secondary N) is 2. The maximum absolute atomic E-state index is 11.7. The lowest BCUT2D eigenvalue weighted by atomic mass is 10.2. The van der Waals surface area contributed by atoms with Gasteiger partial charge in [-0.3, -0.25) is 20.4 Å². The number of rotatable bonds is 2. The van der Waals surface area contributed by atoms with E-state index < -0.39 is 16.2 Å². The second-order valence-corrected chi connectivity index (χ2v) is 6.43.